The highest BCUT2D eigenvalue weighted by molar-refractivity contribution is 5.79. The van der Waals surface area contributed by atoms with Crippen molar-refractivity contribution in [3.8, 4) is 17.3 Å². The van der Waals surface area contributed by atoms with Crippen molar-refractivity contribution in [1.82, 2.24) is 25.0 Å². The van der Waals surface area contributed by atoms with Gasteiger partial charge in [0.05, 0.1) is 11.7 Å². The molecule has 1 N–H and O–H groups in total. The SMILES string of the molecule is C[C@H](Oc1cnc2ccccc2c1)c1nc(-c2cccc(N3CCN(C)CC3)n2)no1.O=C(O)C(F)(F)F. The summed E-state index contributed by atoms with van der Waals surface area (Å²) in [6, 6.07) is 15.8. The van der Waals surface area contributed by atoms with Crippen LogP contribution in [-0.2, 0) is 4.79 Å². The van der Waals surface area contributed by atoms with E-state index in [0.29, 0.717) is 23.2 Å². The third-order valence-corrected chi connectivity index (χ3v) is 5.70. The minimum atomic E-state index is -5.08. The maximum absolute atomic E-state index is 10.6. The quantitative estimate of drug-likeness (QED) is 0.402. The maximum Gasteiger partial charge on any atom is 0.490 e. The Morgan fingerprint density at radius 3 is 2.50 bits per heavy atom. The number of nitrogens with zero attached hydrogens (tertiary/aromatic N) is 6. The number of para-hydroxylation sites is 1. The largest absolute Gasteiger partial charge is 0.490 e. The Morgan fingerprint density at radius 1 is 1.08 bits per heavy atom. The molecule has 0 unspecified atom stereocenters. The fourth-order valence-electron chi connectivity index (χ4n) is 3.63. The van der Waals surface area contributed by atoms with E-state index >= 15 is 0 Å². The summed E-state index contributed by atoms with van der Waals surface area (Å²) in [7, 11) is 2.14. The minimum Gasteiger partial charge on any atom is -0.479 e. The van der Waals surface area contributed by atoms with Crippen molar-refractivity contribution in [3.05, 3.63) is 60.6 Å². The van der Waals surface area contributed by atoms with Gasteiger partial charge in [0.25, 0.3) is 5.89 Å². The molecule has 1 atom stereocenters. The molecule has 1 aromatic carbocycles. The van der Waals surface area contributed by atoms with Gasteiger partial charge in [-0.1, -0.05) is 29.4 Å². The van der Waals surface area contributed by atoms with Crippen LogP contribution < -0.4 is 9.64 Å². The van der Waals surface area contributed by atoms with Crippen molar-refractivity contribution in [2.75, 3.05) is 38.1 Å². The number of piperazine rings is 1. The van der Waals surface area contributed by atoms with Crippen molar-refractivity contribution in [3.63, 3.8) is 0 Å². The van der Waals surface area contributed by atoms with Gasteiger partial charge in [0.2, 0.25) is 5.82 Å². The molecule has 1 saturated heterocycles. The van der Waals surface area contributed by atoms with Crippen LogP contribution >= 0.6 is 0 Å². The molecule has 10 nitrogen and oxygen atoms in total. The summed E-state index contributed by atoms with van der Waals surface area (Å²) in [5, 5.41) is 12.3. The van der Waals surface area contributed by atoms with E-state index in [-0.39, 0.29) is 0 Å². The molecule has 0 spiro atoms. The zero-order chi connectivity index (χ0) is 27.3. The van der Waals surface area contributed by atoms with E-state index < -0.39 is 18.2 Å². The average Bonchev–Trinajstić information content (AvgIpc) is 3.40. The molecule has 0 amide bonds. The number of hydrogen-bond donors (Lipinski definition) is 1. The number of halogens is 3. The van der Waals surface area contributed by atoms with Crippen molar-refractivity contribution >= 4 is 22.7 Å². The molecule has 0 aliphatic carbocycles. The first kappa shape index (κ1) is 26.8. The first-order valence-electron chi connectivity index (χ1n) is 11.7. The predicted octanol–water partition coefficient (Wildman–Crippen LogP) is 4.20. The average molecular weight is 531 g/mol. The second-order valence-electron chi connectivity index (χ2n) is 8.55. The molecule has 200 valence electrons. The van der Waals surface area contributed by atoms with Gasteiger partial charge in [-0.05, 0) is 38.2 Å². The summed E-state index contributed by atoms with van der Waals surface area (Å²) >= 11 is 0. The Labute approximate surface area is 215 Å². The van der Waals surface area contributed by atoms with Crippen LogP contribution in [0, 0.1) is 0 Å². The number of aliphatic carboxylic acids is 1. The van der Waals surface area contributed by atoms with Gasteiger partial charge in [-0.2, -0.15) is 18.2 Å². The third kappa shape index (κ3) is 6.73. The Kier molecular flexibility index (Phi) is 8.05. The first-order valence-corrected chi connectivity index (χ1v) is 11.7. The number of alkyl halides is 3. The first-order chi connectivity index (χ1) is 18.1. The second kappa shape index (κ2) is 11.4. The van der Waals surface area contributed by atoms with E-state index in [0.717, 1.165) is 42.9 Å². The van der Waals surface area contributed by atoms with Crippen LogP contribution in [0.5, 0.6) is 5.75 Å². The zero-order valence-corrected chi connectivity index (χ0v) is 20.6. The van der Waals surface area contributed by atoms with E-state index in [2.05, 4.69) is 32.0 Å². The summed E-state index contributed by atoms with van der Waals surface area (Å²) < 4.78 is 43.2. The van der Waals surface area contributed by atoms with E-state index in [9.17, 15) is 13.2 Å². The standard InChI is InChI=1S/C23H24N6O2.C2HF3O2/c1-16(30-18-14-17-6-3-4-7-19(17)24-15-18)23-26-22(27-31-23)20-8-5-9-21(25-20)29-12-10-28(2)11-13-29;3-2(4,5)1(6)7/h3-9,14-16H,10-13H2,1-2H3;(H,6,7)/t16-;/m0./s1. The summed E-state index contributed by atoms with van der Waals surface area (Å²) in [5.74, 6) is -0.315. The minimum absolute atomic E-state index is 0.398. The molecule has 1 fully saturated rings. The number of rotatable bonds is 5. The number of hydrogen-bond acceptors (Lipinski definition) is 9. The van der Waals surface area contributed by atoms with Crippen molar-refractivity contribution in [2.45, 2.75) is 19.2 Å². The molecule has 0 radical (unpaired) electrons. The molecule has 4 aromatic rings. The lowest BCUT2D eigenvalue weighted by molar-refractivity contribution is -0.192. The number of ether oxygens (including phenoxy) is 1. The van der Waals surface area contributed by atoms with Crippen molar-refractivity contribution in [2.24, 2.45) is 0 Å². The predicted molar refractivity (Wildman–Crippen MR) is 132 cm³/mol. The molecule has 13 heteroatoms. The van der Waals surface area contributed by atoms with Crippen LogP contribution in [0.1, 0.15) is 18.9 Å². The van der Waals surface area contributed by atoms with Crippen LogP contribution in [0.3, 0.4) is 0 Å². The van der Waals surface area contributed by atoms with Gasteiger partial charge in [0, 0.05) is 31.6 Å². The smallest absolute Gasteiger partial charge is 0.479 e. The molecule has 5 rings (SSSR count). The lowest BCUT2D eigenvalue weighted by Crippen LogP contribution is -2.44. The number of carboxylic acid groups (broad SMARTS) is 1. The fraction of sp³-hybridized carbons (Fsp3) is 0.320. The number of aromatic nitrogens is 4. The van der Waals surface area contributed by atoms with Gasteiger partial charge >= 0.3 is 12.1 Å². The van der Waals surface area contributed by atoms with Crippen LogP contribution in [-0.4, -0.2) is 75.5 Å². The van der Waals surface area contributed by atoms with Gasteiger partial charge < -0.3 is 24.2 Å². The number of likely N-dealkylation sites (N-methyl/N-ethyl adjacent to an activating group) is 1. The summed E-state index contributed by atoms with van der Waals surface area (Å²) in [6.07, 6.45) is -3.79. The molecule has 0 bridgehead atoms. The highest BCUT2D eigenvalue weighted by Crippen LogP contribution is 2.25. The molecule has 38 heavy (non-hydrogen) atoms. The molecular formula is C25H25F3N6O4. The molecule has 0 saturated carbocycles. The van der Waals surface area contributed by atoms with E-state index in [1.54, 1.807) is 6.20 Å². The molecule has 4 heterocycles. The van der Waals surface area contributed by atoms with Crippen LogP contribution in [0.15, 0.2) is 59.3 Å². The van der Waals surface area contributed by atoms with Crippen LogP contribution in [0.4, 0.5) is 19.0 Å². The molecule has 3 aromatic heterocycles. The normalized spacial score (nSPS) is 15.0. The lowest BCUT2D eigenvalue weighted by atomic mass is 10.2. The monoisotopic (exact) mass is 530 g/mol. The Hall–Kier alpha value is -4.26. The van der Waals surface area contributed by atoms with Crippen molar-refractivity contribution < 1.29 is 32.3 Å². The maximum atomic E-state index is 10.6. The topological polar surface area (TPSA) is 118 Å². The van der Waals surface area contributed by atoms with Gasteiger partial charge in [-0.3, -0.25) is 4.98 Å². The number of carboxylic acids is 1. The number of carbonyl (C=O) groups is 1. The highest BCUT2D eigenvalue weighted by atomic mass is 19.4. The summed E-state index contributed by atoms with van der Waals surface area (Å²) in [6.45, 7) is 5.83. The third-order valence-electron chi connectivity index (χ3n) is 5.70. The number of pyridine rings is 2. The van der Waals surface area contributed by atoms with E-state index in [1.807, 2.05) is 55.5 Å². The van der Waals surface area contributed by atoms with Crippen LogP contribution in [0.25, 0.3) is 22.4 Å². The molecular weight excluding hydrogens is 505 g/mol. The Morgan fingerprint density at radius 2 is 1.79 bits per heavy atom. The highest BCUT2D eigenvalue weighted by Gasteiger charge is 2.38. The number of anilines is 1. The second-order valence-corrected chi connectivity index (χ2v) is 8.55. The Bertz CT molecular complexity index is 1390. The van der Waals surface area contributed by atoms with Gasteiger partial charge in [-0.15, -0.1) is 0 Å². The fourth-order valence-corrected chi connectivity index (χ4v) is 3.63. The molecule has 1 aliphatic heterocycles. The number of benzene rings is 1. The van der Waals surface area contributed by atoms with Crippen molar-refractivity contribution in [1.29, 1.82) is 0 Å². The number of fused-ring (bicyclic) bond motifs is 1. The molecule has 1 aliphatic rings. The van der Waals surface area contributed by atoms with Gasteiger partial charge in [0.15, 0.2) is 6.10 Å². The van der Waals surface area contributed by atoms with Crippen LogP contribution in [0.2, 0.25) is 0 Å². The van der Waals surface area contributed by atoms with E-state index in [1.165, 1.54) is 0 Å². The Balaban J connectivity index is 0.000000426. The lowest BCUT2D eigenvalue weighted by Gasteiger charge is -2.33. The van der Waals surface area contributed by atoms with Gasteiger partial charge in [0.1, 0.15) is 17.3 Å². The van der Waals surface area contributed by atoms with E-state index in [4.69, 9.17) is 24.1 Å². The summed E-state index contributed by atoms with van der Waals surface area (Å²) in [5.41, 5.74) is 1.61. The zero-order valence-electron chi connectivity index (χ0n) is 20.6. The van der Waals surface area contributed by atoms with Gasteiger partial charge in [-0.25, -0.2) is 9.78 Å². The summed E-state index contributed by atoms with van der Waals surface area (Å²) in [4.78, 5) is 27.2.